The summed E-state index contributed by atoms with van der Waals surface area (Å²) in [6.07, 6.45) is 0.163. The second kappa shape index (κ2) is 7.41. The number of amides is 1. The fourth-order valence-electron chi connectivity index (χ4n) is 3.12. The fourth-order valence-corrected chi connectivity index (χ4v) is 3.12. The average molecular weight is 385 g/mol. The molecule has 4 rings (SSSR count). The molecule has 1 aliphatic heterocycles. The van der Waals surface area contributed by atoms with E-state index < -0.39 is 0 Å². The summed E-state index contributed by atoms with van der Waals surface area (Å²) in [5.74, 6) is 1.16. The van der Waals surface area contributed by atoms with E-state index in [0.29, 0.717) is 61.0 Å². The number of halogens is 1. The van der Waals surface area contributed by atoms with Crippen LogP contribution in [0.2, 0.25) is 0 Å². The van der Waals surface area contributed by atoms with Crippen molar-refractivity contribution in [1.29, 1.82) is 0 Å². The summed E-state index contributed by atoms with van der Waals surface area (Å²) in [5.41, 5.74) is 1.27. The van der Waals surface area contributed by atoms with Gasteiger partial charge in [0.25, 0.3) is 0 Å². The van der Waals surface area contributed by atoms with E-state index in [9.17, 15) is 9.18 Å². The molecule has 146 valence electrons. The zero-order chi connectivity index (χ0) is 19.7. The van der Waals surface area contributed by atoms with E-state index in [1.54, 1.807) is 30.9 Å². The molecule has 3 heterocycles. The van der Waals surface area contributed by atoms with Crippen molar-refractivity contribution < 1.29 is 18.0 Å². The second-order valence-corrected chi connectivity index (χ2v) is 6.68. The third-order valence-corrected chi connectivity index (χ3v) is 4.72. The molecule has 8 nitrogen and oxygen atoms in total. The molecular formula is C19H20FN5O3. The summed E-state index contributed by atoms with van der Waals surface area (Å²) in [6, 6.07) is 6.39. The van der Waals surface area contributed by atoms with Gasteiger partial charge in [0.2, 0.25) is 17.7 Å². The van der Waals surface area contributed by atoms with Crippen LogP contribution in [0.15, 0.2) is 33.1 Å². The van der Waals surface area contributed by atoms with Crippen LogP contribution in [-0.2, 0) is 11.2 Å². The minimum atomic E-state index is -0.322. The van der Waals surface area contributed by atoms with Gasteiger partial charge >= 0.3 is 6.01 Å². The van der Waals surface area contributed by atoms with Gasteiger partial charge in [-0.2, -0.15) is 0 Å². The van der Waals surface area contributed by atoms with Crippen molar-refractivity contribution in [1.82, 2.24) is 20.1 Å². The lowest BCUT2D eigenvalue weighted by atomic mass is 10.2. The number of carbonyl (C=O) groups is 1. The first-order chi connectivity index (χ1) is 13.5. The van der Waals surface area contributed by atoms with Crippen molar-refractivity contribution in [3.05, 3.63) is 47.4 Å². The normalized spacial score (nSPS) is 14.5. The highest BCUT2D eigenvalue weighted by Gasteiger charge is 2.25. The first-order valence-electron chi connectivity index (χ1n) is 9.04. The van der Waals surface area contributed by atoms with Gasteiger partial charge in [0, 0.05) is 38.7 Å². The number of benzene rings is 1. The van der Waals surface area contributed by atoms with Gasteiger partial charge < -0.3 is 18.6 Å². The molecule has 1 fully saturated rings. The van der Waals surface area contributed by atoms with Crippen LogP contribution < -0.4 is 4.90 Å². The molecular weight excluding hydrogens is 365 g/mol. The van der Waals surface area contributed by atoms with Crippen LogP contribution in [0.5, 0.6) is 0 Å². The monoisotopic (exact) mass is 385 g/mol. The molecule has 0 bridgehead atoms. The van der Waals surface area contributed by atoms with Gasteiger partial charge in [0.15, 0.2) is 0 Å². The Morgan fingerprint density at radius 2 is 1.79 bits per heavy atom. The molecule has 9 heteroatoms. The number of rotatable bonds is 4. The number of aryl methyl sites for hydroxylation is 2. The Hall–Kier alpha value is -3.23. The Morgan fingerprint density at radius 3 is 2.43 bits per heavy atom. The molecule has 0 atom stereocenters. The Balaban J connectivity index is 1.38. The van der Waals surface area contributed by atoms with Gasteiger partial charge in [0.05, 0.1) is 12.1 Å². The number of hydrogen-bond donors (Lipinski definition) is 0. The molecule has 0 radical (unpaired) electrons. The van der Waals surface area contributed by atoms with Crippen LogP contribution in [0.25, 0.3) is 11.5 Å². The third-order valence-electron chi connectivity index (χ3n) is 4.72. The average Bonchev–Trinajstić information content (AvgIpc) is 3.28. The highest BCUT2D eigenvalue weighted by atomic mass is 19.1. The maximum atomic E-state index is 13.1. The number of hydrogen-bond acceptors (Lipinski definition) is 7. The lowest BCUT2D eigenvalue weighted by Crippen LogP contribution is -2.49. The zero-order valence-electron chi connectivity index (χ0n) is 15.7. The van der Waals surface area contributed by atoms with Crippen molar-refractivity contribution in [2.75, 3.05) is 31.1 Å². The maximum Gasteiger partial charge on any atom is 0.318 e. The largest absolute Gasteiger partial charge is 0.441 e. The highest BCUT2D eigenvalue weighted by molar-refractivity contribution is 5.79. The third kappa shape index (κ3) is 3.73. The van der Waals surface area contributed by atoms with Crippen molar-refractivity contribution in [2.24, 2.45) is 0 Å². The topological polar surface area (TPSA) is 88.5 Å². The van der Waals surface area contributed by atoms with Crippen molar-refractivity contribution >= 4 is 11.9 Å². The van der Waals surface area contributed by atoms with Crippen LogP contribution >= 0.6 is 0 Å². The number of anilines is 1. The van der Waals surface area contributed by atoms with Gasteiger partial charge in [-0.15, -0.1) is 5.10 Å². The van der Waals surface area contributed by atoms with Crippen molar-refractivity contribution in [3.63, 3.8) is 0 Å². The van der Waals surface area contributed by atoms with Gasteiger partial charge in [-0.05, 0) is 31.2 Å². The standard InChI is InChI=1S/C19H20FN5O3/c1-12-16(21-18(27-12)14-3-5-15(20)6-4-14)11-17(26)24-7-9-25(10-8-24)19-23-22-13(2)28-19/h3-6H,7-11H2,1-2H3. The molecule has 0 spiro atoms. The molecule has 28 heavy (non-hydrogen) atoms. The van der Waals surface area contributed by atoms with E-state index in [1.807, 2.05) is 4.90 Å². The number of oxazole rings is 1. The first-order valence-corrected chi connectivity index (χ1v) is 9.04. The summed E-state index contributed by atoms with van der Waals surface area (Å²) in [7, 11) is 0. The quantitative estimate of drug-likeness (QED) is 0.681. The van der Waals surface area contributed by atoms with E-state index >= 15 is 0 Å². The lowest BCUT2D eigenvalue weighted by Gasteiger charge is -2.33. The number of aromatic nitrogens is 3. The second-order valence-electron chi connectivity index (χ2n) is 6.68. The molecule has 1 saturated heterocycles. The highest BCUT2D eigenvalue weighted by Crippen LogP contribution is 2.23. The molecule has 0 aliphatic carbocycles. The van der Waals surface area contributed by atoms with E-state index in [4.69, 9.17) is 8.83 Å². The Kier molecular flexibility index (Phi) is 4.81. The van der Waals surface area contributed by atoms with E-state index in [0.717, 1.165) is 0 Å². The molecule has 1 amide bonds. The molecule has 3 aromatic rings. The van der Waals surface area contributed by atoms with Gasteiger partial charge in [-0.3, -0.25) is 4.79 Å². The molecule has 0 unspecified atom stereocenters. The van der Waals surface area contributed by atoms with Crippen LogP contribution in [0, 0.1) is 19.7 Å². The molecule has 2 aromatic heterocycles. The van der Waals surface area contributed by atoms with Crippen LogP contribution in [0.1, 0.15) is 17.3 Å². The Morgan fingerprint density at radius 1 is 1.07 bits per heavy atom. The molecule has 1 aliphatic rings. The minimum absolute atomic E-state index is 0.0107. The number of piperazine rings is 1. The summed E-state index contributed by atoms with van der Waals surface area (Å²) < 4.78 is 24.2. The summed E-state index contributed by atoms with van der Waals surface area (Å²) in [5, 5.41) is 7.85. The molecule has 1 aromatic carbocycles. The van der Waals surface area contributed by atoms with Crippen LogP contribution in [-0.4, -0.2) is 52.2 Å². The molecule has 0 saturated carbocycles. The predicted molar refractivity (Wildman–Crippen MR) is 98.2 cm³/mol. The first kappa shape index (κ1) is 18.1. The van der Waals surface area contributed by atoms with E-state index in [2.05, 4.69) is 15.2 Å². The Labute approximate surface area is 161 Å². The maximum absolute atomic E-state index is 13.1. The van der Waals surface area contributed by atoms with E-state index in [1.165, 1.54) is 12.1 Å². The molecule has 0 N–H and O–H groups in total. The summed E-state index contributed by atoms with van der Waals surface area (Å²) in [4.78, 5) is 20.9. The fraction of sp³-hybridized carbons (Fsp3) is 0.368. The van der Waals surface area contributed by atoms with Crippen LogP contribution in [0.4, 0.5) is 10.4 Å². The van der Waals surface area contributed by atoms with Gasteiger partial charge in [-0.25, -0.2) is 9.37 Å². The summed E-state index contributed by atoms with van der Waals surface area (Å²) in [6.45, 7) is 5.93. The van der Waals surface area contributed by atoms with Crippen molar-refractivity contribution in [2.45, 2.75) is 20.3 Å². The summed E-state index contributed by atoms with van der Waals surface area (Å²) >= 11 is 0. The Bertz CT molecular complexity index is 974. The van der Waals surface area contributed by atoms with Gasteiger partial charge in [0.1, 0.15) is 11.6 Å². The SMILES string of the molecule is Cc1nnc(N2CCN(C(=O)Cc3nc(-c4ccc(F)cc4)oc3C)CC2)o1. The zero-order valence-corrected chi connectivity index (χ0v) is 15.7. The number of carbonyl (C=O) groups excluding carboxylic acids is 1. The lowest BCUT2D eigenvalue weighted by molar-refractivity contribution is -0.130. The smallest absolute Gasteiger partial charge is 0.318 e. The number of nitrogens with zero attached hydrogens (tertiary/aromatic N) is 5. The van der Waals surface area contributed by atoms with E-state index in [-0.39, 0.29) is 18.1 Å². The van der Waals surface area contributed by atoms with Crippen molar-refractivity contribution in [3.8, 4) is 11.5 Å². The predicted octanol–water partition coefficient (Wildman–Crippen LogP) is 2.37. The van der Waals surface area contributed by atoms with Crippen LogP contribution in [0.3, 0.4) is 0 Å². The minimum Gasteiger partial charge on any atom is -0.441 e. The van der Waals surface area contributed by atoms with Gasteiger partial charge in [-0.1, -0.05) is 5.10 Å².